The molecule has 0 radical (unpaired) electrons. The average molecular weight is 156 g/mol. The van der Waals surface area contributed by atoms with Crippen LogP contribution < -0.4 is 0 Å². The van der Waals surface area contributed by atoms with Crippen molar-refractivity contribution in [2.24, 2.45) is 11.8 Å². The van der Waals surface area contributed by atoms with Gasteiger partial charge in [-0.05, 0) is 31.1 Å². The second-order valence-electron chi connectivity index (χ2n) is 3.79. The molecule has 11 heavy (non-hydrogen) atoms. The van der Waals surface area contributed by atoms with Crippen LogP contribution in [-0.2, 0) is 4.74 Å². The fourth-order valence-electron chi connectivity index (χ4n) is 2.41. The van der Waals surface area contributed by atoms with E-state index in [1.54, 1.807) is 0 Å². The van der Waals surface area contributed by atoms with Gasteiger partial charge in [-0.1, -0.05) is 6.42 Å². The first-order valence-electron chi connectivity index (χ1n) is 4.64. The molecular formula is C9H16O2. The van der Waals surface area contributed by atoms with Gasteiger partial charge in [-0.15, -0.1) is 0 Å². The lowest BCUT2D eigenvalue weighted by Gasteiger charge is -2.19. The summed E-state index contributed by atoms with van der Waals surface area (Å²) >= 11 is 0. The summed E-state index contributed by atoms with van der Waals surface area (Å²) in [6.07, 6.45) is 4.59. The highest BCUT2D eigenvalue weighted by molar-refractivity contribution is 4.84. The summed E-state index contributed by atoms with van der Waals surface area (Å²) in [5.41, 5.74) is 0. The fourth-order valence-corrected chi connectivity index (χ4v) is 2.41. The predicted octanol–water partition coefficient (Wildman–Crippen LogP) is 1.18. The van der Waals surface area contributed by atoms with Gasteiger partial charge >= 0.3 is 0 Å². The van der Waals surface area contributed by atoms with Gasteiger partial charge in [-0.25, -0.2) is 0 Å². The van der Waals surface area contributed by atoms with Gasteiger partial charge in [0.1, 0.15) is 0 Å². The third-order valence-electron chi connectivity index (χ3n) is 3.10. The lowest BCUT2D eigenvalue weighted by Crippen LogP contribution is -2.22. The SMILES string of the molecule is OC1CCCC1C1CCOC1. The third-order valence-corrected chi connectivity index (χ3v) is 3.10. The van der Waals surface area contributed by atoms with E-state index < -0.39 is 0 Å². The first-order chi connectivity index (χ1) is 5.38. The Kier molecular flexibility index (Phi) is 2.14. The summed E-state index contributed by atoms with van der Waals surface area (Å²) in [6.45, 7) is 1.80. The molecular weight excluding hydrogens is 140 g/mol. The minimum atomic E-state index is -0.0262. The van der Waals surface area contributed by atoms with Crippen molar-refractivity contribution in [2.45, 2.75) is 31.8 Å². The van der Waals surface area contributed by atoms with Crippen molar-refractivity contribution in [1.29, 1.82) is 0 Å². The first-order valence-corrected chi connectivity index (χ1v) is 4.64. The third kappa shape index (κ3) is 1.42. The largest absolute Gasteiger partial charge is 0.393 e. The van der Waals surface area contributed by atoms with Crippen LogP contribution in [0.15, 0.2) is 0 Å². The van der Waals surface area contributed by atoms with Gasteiger partial charge in [0.2, 0.25) is 0 Å². The van der Waals surface area contributed by atoms with Gasteiger partial charge in [-0.3, -0.25) is 0 Å². The van der Waals surface area contributed by atoms with Crippen molar-refractivity contribution < 1.29 is 9.84 Å². The molecule has 3 atom stereocenters. The molecule has 0 aromatic carbocycles. The summed E-state index contributed by atoms with van der Waals surface area (Å²) in [7, 11) is 0. The molecule has 1 N–H and O–H groups in total. The second-order valence-corrected chi connectivity index (χ2v) is 3.79. The van der Waals surface area contributed by atoms with Crippen LogP contribution in [0.25, 0.3) is 0 Å². The number of ether oxygens (including phenoxy) is 1. The minimum absolute atomic E-state index is 0.0262. The van der Waals surface area contributed by atoms with E-state index in [-0.39, 0.29) is 6.10 Å². The Morgan fingerprint density at radius 2 is 2.09 bits per heavy atom. The molecule has 64 valence electrons. The van der Waals surface area contributed by atoms with Crippen molar-refractivity contribution >= 4 is 0 Å². The van der Waals surface area contributed by atoms with Crippen LogP contribution in [-0.4, -0.2) is 24.4 Å². The van der Waals surface area contributed by atoms with Gasteiger partial charge in [0.15, 0.2) is 0 Å². The highest BCUT2D eigenvalue weighted by atomic mass is 16.5. The second kappa shape index (κ2) is 3.11. The van der Waals surface area contributed by atoms with Crippen LogP contribution in [0, 0.1) is 11.8 Å². The van der Waals surface area contributed by atoms with Crippen molar-refractivity contribution in [2.75, 3.05) is 13.2 Å². The Morgan fingerprint density at radius 1 is 1.18 bits per heavy atom. The van der Waals surface area contributed by atoms with E-state index in [0.717, 1.165) is 19.6 Å². The topological polar surface area (TPSA) is 29.5 Å². The summed E-state index contributed by atoms with van der Waals surface area (Å²) in [4.78, 5) is 0. The number of hydrogen-bond acceptors (Lipinski definition) is 2. The molecule has 2 aliphatic rings. The molecule has 1 saturated carbocycles. The van der Waals surface area contributed by atoms with Gasteiger partial charge in [-0.2, -0.15) is 0 Å². The molecule has 0 aromatic rings. The molecule has 2 nitrogen and oxygen atoms in total. The van der Waals surface area contributed by atoms with E-state index >= 15 is 0 Å². The number of aliphatic hydroxyl groups is 1. The summed E-state index contributed by atoms with van der Waals surface area (Å²) in [6, 6.07) is 0. The standard InChI is InChI=1S/C9H16O2/c10-9-3-1-2-8(9)7-4-5-11-6-7/h7-10H,1-6H2. The molecule has 0 spiro atoms. The van der Waals surface area contributed by atoms with Crippen molar-refractivity contribution in [3.05, 3.63) is 0 Å². The highest BCUT2D eigenvalue weighted by Gasteiger charge is 2.34. The van der Waals surface area contributed by atoms with Gasteiger partial charge in [0.25, 0.3) is 0 Å². The van der Waals surface area contributed by atoms with Crippen LogP contribution >= 0.6 is 0 Å². The Hall–Kier alpha value is -0.0800. The van der Waals surface area contributed by atoms with Crippen LogP contribution in [0.2, 0.25) is 0 Å². The lowest BCUT2D eigenvalue weighted by molar-refractivity contribution is 0.0879. The molecule has 1 aliphatic heterocycles. The van der Waals surface area contributed by atoms with E-state index in [2.05, 4.69) is 0 Å². The van der Waals surface area contributed by atoms with Gasteiger partial charge in [0, 0.05) is 13.2 Å². The van der Waals surface area contributed by atoms with Crippen LogP contribution in [0.1, 0.15) is 25.7 Å². The number of rotatable bonds is 1. The van der Waals surface area contributed by atoms with Gasteiger partial charge in [0.05, 0.1) is 6.10 Å². The van der Waals surface area contributed by atoms with Crippen LogP contribution in [0.4, 0.5) is 0 Å². The maximum atomic E-state index is 9.59. The zero-order chi connectivity index (χ0) is 7.68. The van der Waals surface area contributed by atoms with Crippen LogP contribution in [0.5, 0.6) is 0 Å². The molecule has 1 saturated heterocycles. The highest BCUT2D eigenvalue weighted by Crippen LogP contribution is 2.35. The molecule has 3 unspecified atom stereocenters. The van der Waals surface area contributed by atoms with Gasteiger partial charge < -0.3 is 9.84 Å². The Labute approximate surface area is 67.6 Å². The Morgan fingerprint density at radius 3 is 2.64 bits per heavy atom. The smallest absolute Gasteiger partial charge is 0.0571 e. The predicted molar refractivity (Wildman–Crippen MR) is 42.3 cm³/mol. The van der Waals surface area contributed by atoms with Crippen molar-refractivity contribution in [3.8, 4) is 0 Å². The Balaban J connectivity index is 1.92. The summed E-state index contributed by atoms with van der Waals surface area (Å²) in [5, 5.41) is 9.59. The average Bonchev–Trinajstić information content (AvgIpc) is 2.55. The van der Waals surface area contributed by atoms with E-state index in [1.807, 2.05) is 0 Å². The van der Waals surface area contributed by atoms with E-state index in [0.29, 0.717) is 11.8 Å². The van der Waals surface area contributed by atoms with E-state index in [4.69, 9.17) is 4.74 Å². The normalized spacial score (nSPS) is 45.0. The fraction of sp³-hybridized carbons (Fsp3) is 1.00. The maximum Gasteiger partial charge on any atom is 0.0571 e. The molecule has 0 aromatic heterocycles. The summed E-state index contributed by atoms with van der Waals surface area (Å²) < 4.78 is 5.31. The molecule has 2 heteroatoms. The van der Waals surface area contributed by atoms with Crippen molar-refractivity contribution in [3.63, 3.8) is 0 Å². The number of hydrogen-bond donors (Lipinski definition) is 1. The molecule has 1 aliphatic carbocycles. The van der Waals surface area contributed by atoms with Crippen molar-refractivity contribution in [1.82, 2.24) is 0 Å². The molecule has 0 bridgehead atoms. The molecule has 1 heterocycles. The maximum absolute atomic E-state index is 9.59. The first kappa shape index (κ1) is 7.56. The zero-order valence-corrected chi connectivity index (χ0v) is 6.83. The molecule has 2 rings (SSSR count). The quantitative estimate of drug-likeness (QED) is 0.618. The minimum Gasteiger partial charge on any atom is -0.393 e. The van der Waals surface area contributed by atoms with Crippen LogP contribution in [0.3, 0.4) is 0 Å². The number of aliphatic hydroxyl groups excluding tert-OH is 1. The monoisotopic (exact) mass is 156 g/mol. The lowest BCUT2D eigenvalue weighted by atomic mass is 9.89. The van der Waals surface area contributed by atoms with E-state index in [9.17, 15) is 5.11 Å². The molecule has 2 fully saturated rings. The molecule has 0 amide bonds. The zero-order valence-electron chi connectivity index (χ0n) is 6.83. The Bertz CT molecular complexity index is 130. The summed E-state index contributed by atoms with van der Waals surface area (Å²) in [5.74, 6) is 1.21. The van der Waals surface area contributed by atoms with E-state index in [1.165, 1.54) is 19.3 Å².